The first-order chi connectivity index (χ1) is 12.3. The smallest absolute Gasteiger partial charge is 0.409 e. The molecule has 1 aromatic heterocycles. The summed E-state index contributed by atoms with van der Waals surface area (Å²) in [6, 6.07) is 8.01. The highest BCUT2D eigenvalue weighted by molar-refractivity contribution is 7.92. The molecule has 2 aromatic rings. The number of aliphatic hydroxyl groups is 1. The molecule has 26 heavy (non-hydrogen) atoms. The van der Waals surface area contributed by atoms with Gasteiger partial charge in [0, 0.05) is 19.1 Å². The van der Waals surface area contributed by atoms with Crippen LogP contribution in [0.15, 0.2) is 41.4 Å². The van der Waals surface area contributed by atoms with Crippen LogP contribution in [0.2, 0.25) is 0 Å². The van der Waals surface area contributed by atoms with E-state index in [9.17, 15) is 18.3 Å². The normalized spacial score (nSPS) is 16.8. The number of carboxylic acid groups (broad SMARTS) is 1. The summed E-state index contributed by atoms with van der Waals surface area (Å²) in [6.07, 6.45) is 0.493. The van der Waals surface area contributed by atoms with Crippen LogP contribution < -0.4 is 9.62 Å². The van der Waals surface area contributed by atoms with E-state index in [2.05, 4.69) is 10.3 Å². The zero-order chi connectivity index (χ0) is 18.9. The predicted octanol–water partition coefficient (Wildman–Crippen LogP) is 1.84. The van der Waals surface area contributed by atoms with Crippen LogP contribution >= 0.6 is 0 Å². The molecule has 1 aliphatic heterocycles. The Morgan fingerprint density at radius 2 is 2.15 bits per heavy atom. The van der Waals surface area contributed by atoms with Crippen molar-refractivity contribution in [2.75, 3.05) is 22.8 Å². The van der Waals surface area contributed by atoms with E-state index in [-0.39, 0.29) is 29.7 Å². The van der Waals surface area contributed by atoms with Gasteiger partial charge >= 0.3 is 6.09 Å². The number of pyridine rings is 1. The number of carbonyl (C=O) groups is 1. The Kier molecular flexibility index (Phi) is 4.84. The Bertz CT molecular complexity index is 945. The van der Waals surface area contributed by atoms with Crippen molar-refractivity contribution >= 4 is 27.5 Å². The van der Waals surface area contributed by atoms with Crippen molar-refractivity contribution in [2.45, 2.75) is 18.2 Å². The summed E-state index contributed by atoms with van der Waals surface area (Å²) in [6.45, 7) is 1.73. The number of aryl methyl sites for hydroxylation is 1. The van der Waals surface area contributed by atoms with Gasteiger partial charge < -0.3 is 10.2 Å². The lowest BCUT2D eigenvalue weighted by atomic mass is 9.98. The van der Waals surface area contributed by atoms with Crippen molar-refractivity contribution in [2.24, 2.45) is 5.92 Å². The molecule has 0 aliphatic carbocycles. The summed E-state index contributed by atoms with van der Waals surface area (Å²) in [5.74, 6) is -0.284. The number of sulfonamides is 1. The number of fused-ring (bicyclic) bond motifs is 1. The Hall–Kier alpha value is -2.65. The van der Waals surface area contributed by atoms with E-state index in [0.29, 0.717) is 17.8 Å². The molecular formula is C17H19N3O5S. The highest BCUT2D eigenvalue weighted by Crippen LogP contribution is 2.34. The zero-order valence-corrected chi connectivity index (χ0v) is 14.9. The third-order valence-electron chi connectivity index (χ3n) is 4.21. The van der Waals surface area contributed by atoms with E-state index in [0.717, 1.165) is 5.56 Å². The van der Waals surface area contributed by atoms with Crippen LogP contribution in [0.4, 0.5) is 16.2 Å². The van der Waals surface area contributed by atoms with Crippen LogP contribution in [-0.4, -0.2) is 42.9 Å². The van der Waals surface area contributed by atoms with Crippen LogP contribution in [0, 0.1) is 12.8 Å². The molecule has 0 saturated carbocycles. The van der Waals surface area contributed by atoms with Crippen LogP contribution in [0.25, 0.3) is 0 Å². The van der Waals surface area contributed by atoms with Gasteiger partial charge in [0.05, 0.1) is 28.2 Å². The Morgan fingerprint density at radius 1 is 1.38 bits per heavy atom. The maximum Gasteiger partial charge on any atom is 0.409 e. The van der Waals surface area contributed by atoms with Gasteiger partial charge in [-0.05, 0) is 37.1 Å². The van der Waals surface area contributed by atoms with Gasteiger partial charge in [-0.1, -0.05) is 12.1 Å². The number of amides is 1. The molecule has 3 rings (SSSR count). The van der Waals surface area contributed by atoms with Crippen LogP contribution in [0.1, 0.15) is 11.3 Å². The number of hydrogen-bond acceptors (Lipinski definition) is 5. The minimum Gasteiger partial charge on any atom is -0.465 e. The van der Waals surface area contributed by atoms with Crippen molar-refractivity contribution in [3.05, 3.63) is 47.8 Å². The molecular weight excluding hydrogens is 358 g/mol. The fraction of sp³-hybridized carbons (Fsp3) is 0.294. The molecule has 8 nitrogen and oxygen atoms in total. The fourth-order valence-electron chi connectivity index (χ4n) is 2.97. The van der Waals surface area contributed by atoms with Crippen molar-refractivity contribution in [3.8, 4) is 0 Å². The summed E-state index contributed by atoms with van der Waals surface area (Å²) < 4.78 is 27.5. The second-order valence-electron chi connectivity index (χ2n) is 6.23. The second-order valence-corrected chi connectivity index (χ2v) is 8.09. The molecule has 1 aromatic carbocycles. The molecule has 0 radical (unpaired) electrons. The number of aromatic nitrogens is 1. The van der Waals surface area contributed by atoms with E-state index in [4.69, 9.17) is 5.11 Å². The summed E-state index contributed by atoms with van der Waals surface area (Å²) in [5, 5.41) is 20.6. The molecule has 138 valence electrons. The standard InChI is InChI=1S/C17H19N3O5S/c1-11-3-2-4-14(5-11)26(24,25)20-9-12(10-21)6-15-16(20)7-13(8-18-15)19-17(22)23/h2-5,7-8,12,19,21H,6,9-10H2,1H3,(H,22,23). The van der Waals surface area contributed by atoms with Gasteiger partial charge in [0.2, 0.25) is 0 Å². The average Bonchev–Trinajstić information content (AvgIpc) is 2.60. The summed E-state index contributed by atoms with van der Waals surface area (Å²) >= 11 is 0. The fourth-order valence-corrected chi connectivity index (χ4v) is 4.63. The average molecular weight is 377 g/mol. The van der Waals surface area contributed by atoms with Crippen LogP contribution in [0.5, 0.6) is 0 Å². The lowest BCUT2D eigenvalue weighted by molar-refractivity contribution is 0.209. The maximum atomic E-state index is 13.2. The van der Waals surface area contributed by atoms with Gasteiger partial charge in [-0.15, -0.1) is 0 Å². The molecule has 0 saturated heterocycles. The molecule has 9 heteroatoms. The number of anilines is 2. The van der Waals surface area contributed by atoms with Gasteiger partial charge in [-0.25, -0.2) is 13.2 Å². The minimum atomic E-state index is -3.88. The highest BCUT2D eigenvalue weighted by Gasteiger charge is 2.34. The number of nitrogens with one attached hydrogen (secondary N) is 1. The monoisotopic (exact) mass is 377 g/mol. The van der Waals surface area contributed by atoms with Crippen LogP contribution in [-0.2, 0) is 16.4 Å². The molecule has 0 fully saturated rings. The lowest BCUT2D eigenvalue weighted by Gasteiger charge is -2.34. The first kappa shape index (κ1) is 18.2. The van der Waals surface area contributed by atoms with Crippen molar-refractivity contribution in [1.29, 1.82) is 0 Å². The van der Waals surface area contributed by atoms with Crippen LogP contribution in [0.3, 0.4) is 0 Å². The molecule has 0 spiro atoms. The molecule has 2 heterocycles. The van der Waals surface area contributed by atoms with Gasteiger partial charge in [-0.3, -0.25) is 14.6 Å². The number of aliphatic hydroxyl groups excluding tert-OH is 1. The van der Waals surface area contributed by atoms with E-state index >= 15 is 0 Å². The van der Waals surface area contributed by atoms with E-state index in [1.807, 2.05) is 0 Å². The van der Waals surface area contributed by atoms with Crippen molar-refractivity contribution in [1.82, 2.24) is 4.98 Å². The molecule has 1 aliphatic rings. The van der Waals surface area contributed by atoms with E-state index in [1.165, 1.54) is 22.6 Å². The summed E-state index contributed by atoms with van der Waals surface area (Å²) in [4.78, 5) is 15.2. The topological polar surface area (TPSA) is 120 Å². The highest BCUT2D eigenvalue weighted by atomic mass is 32.2. The largest absolute Gasteiger partial charge is 0.465 e. The van der Waals surface area contributed by atoms with E-state index in [1.54, 1.807) is 25.1 Å². The first-order valence-electron chi connectivity index (χ1n) is 8.00. The summed E-state index contributed by atoms with van der Waals surface area (Å²) in [7, 11) is -3.88. The third-order valence-corrected chi connectivity index (χ3v) is 5.98. The number of hydrogen-bond donors (Lipinski definition) is 3. The lowest BCUT2D eigenvalue weighted by Crippen LogP contribution is -2.41. The Balaban J connectivity index is 2.10. The maximum absolute atomic E-state index is 13.2. The van der Waals surface area contributed by atoms with Crippen molar-refractivity contribution < 1.29 is 23.4 Å². The van der Waals surface area contributed by atoms with Gasteiger partial charge in [0.25, 0.3) is 10.0 Å². The summed E-state index contributed by atoms with van der Waals surface area (Å²) in [5.41, 5.74) is 1.81. The van der Waals surface area contributed by atoms with Gasteiger partial charge in [0.1, 0.15) is 0 Å². The number of nitrogens with zero attached hydrogens (tertiary/aromatic N) is 2. The quantitative estimate of drug-likeness (QED) is 0.748. The molecule has 1 amide bonds. The van der Waals surface area contributed by atoms with Crippen molar-refractivity contribution in [3.63, 3.8) is 0 Å². The number of rotatable bonds is 4. The predicted molar refractivity (Wildman–Crippen MR) is 95.9 cm³/mol. The third kappa shape index (κ3) is 3.49. The molecule has 0 bridgehead atoms. The molecule has 3 N–H and O–H groups in total. The minimum absolute atomic E-state index is 0.0952. The van der Waals surface area contributed by atoms with Gasteiger partial charge in [0.15, 0.2) is 0 Å². The van der Waals surface area contributed by atoms with E-state index < -0.39 is 16.1 Å². The molecule has 1 atom stereocenters. The number of benzene rings is 1. The zero-order valence-electron chi connectivity index (χ0n) is 14.1. The molecule has 1 unspecified atom stereocenters. The SMILES string of the molecule is Cc1cccc(S(=O)(=O)N2CC(CO)Cc3ncc(NC(=O)O)cc32)c1. The Labute approximate surface area is 151 Å². The van der Waals surface area contributed by atoms with Gasteiger partial charge in [-0.2, -0.15) is 0 Å². The Morgan fingerprint density at radius 3 is 2.81 bits per heavy atom. The first-order valence-corrected chi connectivity index (χ1v) is 9.44. The second kappa shape index (κ2) is 6.93.